The molecule has 0 aliphatic carbocycles. The normalized spacial score (nSPS) is 12.6. The predicted molar refractivity (Wildman–Crippen MR) is 84.1 cm³/mol. The number of hydrogen-bond donors (Lipinski definition) is 1. The van der Waals surface area contributed by atoms with Crippen LogP contribution in [-0.2, 0) is 6.54 Å². The summed E-state index contributed by atoms with van der Waals surface area (Å²) in [6.07, 6.45) is 3.69. The standard InChI is InChI=1S/C16H21ClFN3/c1-3-9-19-16(14-8-10-20-21(14)11-4-2)15-12(17)6-5-7-13(15)18/h5-8,10,16,19H,3-4,9,11H2,1-2H3. The van der Waals surface area contributed by atoms with Crippen LogP contribution in [0.1, 0.15) is 44.0 Å². The first-order chi connectivity index (χ1) is 10.2. The lowest BCUT2D eigenvalue weighted by Crippen LogP contribution is -2.27. The molecule has 21 heavy (non-hydrogen) atoms. The summed E-state index contributed by atoms with van der Waals surface area (Å²) in [5.41, 5.74) is 1.43. The van der Waals surface area contributed by atoms with Crippen molar-refractivity contribution in [3.8, 4) is 0 Å². The molecule has 1 N–H and O–H groups in total. The summed E-state index contributed by atoms with van der Waals surface area (Å²) in [4.78, 5) is 0. The number of rotatable bonds is 7. The van der Waals surface area contributed by atoms with Crippen LogP contribution in [0.5, 0.6) is 0 Å². The van der Waals surface area contributed by atoms with Crippen LogP contribution in [-0.4, -0.2) is 16.3 Å². The summed E-state index contributed by atoms with van der Waals surface area (Å²) in [5.74, 6) is -0.291. The Kier molecular flexibility index (Phi) is 5.76. The van der Waals surface area contributed by atoms with Gasteiger partial charge in [0.25, 0.3) is 0 Å². The molecule has 0 radical (unpaired) electrons. The van der Waals surface area contributed by atoms with E-state index in [-0.39, 0.29) is 11.9 Å². The molecule has 1 unspecified atom stereocenters. The van der Waals surface area contributed by atoms with Crippen molar-refractivity contribution >= 4 is 11.6 Å². The van der Waals surface area contributed by atoms with Crippen molar-refractivity contribution in [3.05, 3.63) is 52.6 Å². The molecule has 0 aliphatic rings. The number of hydrogen-bond acceptors (Lipinski definition) is 2. The Hall–Kier alpha value is -1.39. The fourth-order valence-electron chi connectivity index (χ4n) is 2.42. The molecule has 5 heteroatoms. The topological polar surface area (TPSA) is 29.9 Å². The molecule has 1 aromatic heterocycles. The number of nitrogens with one attached hydrogen (secondary N) is 1. The highest BCUT2D eigenvalue weighted by Gasteiger charge is 2.23. The first-order valence-corrected chi connectivity index (χ1v) is 7.75. The lowest BCUT2D eigenvalue weighted by Gasteiger charge is -2.22. The lowest BCUT2D eigenvalue weighted by atomic mass is 10.0. The largest absolute Gasteiger partial charge is 0.305 e. The molecule has 1 aromatic carbocycles. The third-order valence-corrected chi connectivity index (χ3v) is 3.70. The first kappa shape index (κ1) is 16.0. The Labute approximate surface area is 130 Å². The van der Waals surface area contributed by atoms with Crippen molar-refractivity contribution in [1.29, 1.82) is 0 Å². The summed E-state index contributed by atoms with van der Waals surface area (Å²) in [7, 11) is 0. The van der Waals surface area contributed by atoms with E-state index in [0.717, 1.165) is 31.6 Å². The number of benzene rings is 1. The second kappa shape index (κ2) is 7.57. The Morgan fingerprint density at radius 2 is 2.10 bits per heavy atom. The van der Waals surface area contributed by atoms with E-state index in [1.807, 2.05) is 10.7 Å². The van der Waals surface area contributed by atoms with E-state index < -0.39 is 0 Å². The molecule has 0 saturated carbocycles. The second-order valence-electron chi connectivity index (χ2n) is 5.00. The monoisotopic (exact) mass is 309 g/mol. The minimum absolute atomic E-state index is 0.285. The van der Waals surface area contributed by atoms with Crippen LogP contribution in [0.4, 0.5) is 4.39 Å². The number of aryl methyl sites for hydroxylation is 1. The quantitative estimate of drug-likeness (QED) is 0.831. The third kappa shape index (κ3) is 3.63. The summed E-state index contributed by atoms with van der Waals surface area (Å²) in [6, 6.07) is 6.43. The van der Waals surface area contributed by atoms with E-state index in [0.29, 0.717) is 10.6 Å². The first-order valence-electron chi connectivity index (χ1n) is 7.38. The summed E-state index contributed by atoms with van der Waals surface area (Å²) in [6.45, 7) is 5.76. The van der Waals surface area contributed by atoms with Gasteiger partial charge < -0.3 is 5.32 Å². The SMILES string of the molecule is CCCNC(c1c(F)cccc1Cl)c1ccnn1CCC. The molecule has 1 heterocycles. The van der Waals surface area contributed by atoms with Gasteiger partial charge in [0.1, 0.15) is 5.82 Å². The number of aromatic nitrogens is 2. The van der Waals surface area contributed by atoms with Gasteiger partial charge >= 0.3 is 0 Å². The minimum Gasteiger partial charge on any atom is -0.305 e. The van der Waals surface area contributed by atoms with E-state index in [9.17, 15) is 4.39 Å². The highest BCUT2D eigenvalue weighted by Crippen LogP contribution is 2.30. The summed E-state index contributed by atoms with van der Waals surface area (Å²) < 4.78 is 16.2. The summed E-state index contributed by atoms with van der Waals surface area (Å²) >= 11 is 6.24. The van der Waals surface area contributed by atoms with Gasteiger partial charge in [0.05, 0.1) is 11.7 Å². The van der Waals surface area contributed by atoms with Crippen molar-refractivity contribution in [2.75, 3.05) is 6.54 Å². The molecule has 0 fully saturated rings. The Morgan fingerprint density at radius 3 is 2.76 bits per heavy atom. The van der Waals surface area contributed by atoms with E-state index in [1.165, 1.54) is 6.07 Å². The van der Waals surface area contributed by atoms with Crippen LogP contribution < -0.4 is 5.32 Å². The van der Waals surface area contributed by atoms with Crippen LogP contribution in [0.15, 0.2) is 30.5 Å². The molecule has 0 spiro atoms. The smallest absolute Gasteiger partial charge is 0.129 e. The molecule has 0 bridgehead atoms. The Morgan fingerprint density at radius 1 is 1.29 bits per heavy atom. The van der Waals surface area contributed by atoms with Gasteiger partial charge in [0, 0.05) is 23.3 Å². The zero-order valence-corrected chi connectivity index (χ0v) is 13.2. The Bertz CT molecular complexity index is 562. The van der Waals surface area contributed by atoms with Gasteiger partial charge in [0.2, 0.25) is 0 Å². The van der Waals surface area contributed by atoms with E-state index in [4.69, 9.17) is 11.6 Å². The highest BCUT2D eigenvalue weighted by molar-refractivity contribution is 6.31. The van der Waals surface area contributed by atoms with Crippen molar-refractivity contribution < 1.29 is 4.39 Å². The molecular formula is C16H21ClFN3. The van der Waals surface area contributed by atoms with Gasteiger partial charge in [-0.3, -0.25) is 4.68 Å². The molecule has 0 aliphatic heterocycles. The average Bonchev–Trinajstić information content (AvgIpc) is 2.90. The van der Waals surface area contributed by atoms with Crippen LogP contribution >= 0.6 is 11.6 Å². The van der Waals surface area contributed by atoms with Gasteiger partial charge in [-0.1, -0.05) is 31.5 Å². The van der Waals surface area contributed by atoms with Crippen LogP contribution in [0.25, 0.3) is 0 Å². The average molecular weight is 310 g/mol. The van der Waals surface area contributed by atoms with Crippen molar-refractivity contribution in [1.82, 2.24) is 15.1 Å². The minimum atomic E-state index is -0.291. The predicted octanol–water partition coefficient (Wildman–Crippen LogP) is 4.17. The van der Waals surface area contributed by atoms with E-state index in [2.05, 4.69) is 24.3 Å². The third-order valence-electron chi connectivity index (χ3n) is 3.37. The van der Waals surface area contributed by atoms with Gasteiger partial charge in [-0.15, -0.1) is 0 Å². The molecule has 1 atom stereocenters. The maximum atomic E-state index is 14.3. The molecule has 0 amide bonds. The van der Waals surface area contributed by atoms with Crippen LogP contribution in [0, 0.1) is 5.82 Å². The molecule has 114 valence electrons. The fraction of sp³-hybridized carbons (Fsp3) is 0.438. The van der Waals surface area contributed by atoms with Crippen LogP contribution in [0.3, 0.4) is 0 Å². The molecule has 2 rings (SSSR count). The lowest BCUT2D eigenvalue weighted by molar-refractivity contribution is 0.494. The summed E-state index contributed by atoms with van der Waals surface area (Å²) in [5, 5.41) is 8.15. The second-order valence-corrected chi connectivity index (χ2v) is 5.41. The van der Waals surface area contributed by atoms with E-state index >= 15 is 0 Å². The number of nitrogens with zero attached hydrogens (tertiary/aromatic N) is 2. The van der Waals surface area contributed by atoms with E-state index in [1.54, 1.807) is 18.3 Å². The molecule has 2 aromatic rings. The van der Waals surface area contributed by atoms with Gasteiger partial charge in [-0.2, -0.15) is 5.10 Å². The van der Waals surface area contributed by atoms with Crippen molar-refractivity contribution in [3.63, 3.8) is 0 Å². The molecule has 3 nitrogen and oxygen atoms in total. The molecule has 0 saturated heterocycles. The molecular weight excluding hydrogens is 289 g/mol. The number of halogens is 2. The zero-order valence-electron chi connectivity index (χ0n) is 12.4. The fourth-order valence-corrected chi connectivity index (χ4v) is 2.69. The van der Waals surface area contributed by atoms with Gasteiger partial charge in [-0.05, 0) is 37.6 Å². The maximum Gasteiger partial charge on any atom is 0.129 e. The Balaban J connectivity index is 2.45. The van der Waals surface area contributed by atoms with Crippen molar-refractivity contribution in [2.24, 2.45) is 0 Å². The van der Waals surface area contributed by atoms with Gasteiger partial charge in [-0.25, -0.2) is 4.39 Å². The maximum absolute atomic E-state index is 14.3. The van der Waals surface area contributed by atoms with Gasteiger partial charge in [0.15, 0.2) is 0 Å². The highest BCUT2D eigenvalue weighted by atomic mass is 35.5. The zero-order chi connectivity index (χ0) is 15.2. The van der Waals surface area contributed by atoms with Crippen LogP contribution in [0.2, 0.25) is 5.02 Å². The van der Waals surface area contributed by atoms with Crippen molar-refractivity contribution in [2.45, 2.75) is 39.3 Å².